The van der Waals surface area contributed by atoms with Crippen LogP contribution < -0.4 is 10.1 Å². The first-order chi connectivity index (χ1) is 12.8. The highest BCUT2D eigenvalue weighted by Crippen LogP contribution is 2.45. The SMILES string of the molecule is CCCCCCc1ccc2c(c1CCCCCC)Nc1ccccc1O2. The highest BCUT2D eigenvalue weighted by molar-refractivity contribution is 5.78. The van der Waals surface area contributed by atoms with Crippen molar-refractivity contribution in [3.05, 3.63) is 47.5 Å². The molecule has 0 aliphatic carbocycles. The van der Waals surface area contributed by atoms with Crippen LogP contribution in [0.2, 0.25) is 0 Å². The number of ether oxygens (including phenoxy) is 1. The second kappa shape index (κ2) is 9.66. The van der Waals surface area contributed by atoms with Crippen LogP contribution in [0.15, 0.2) is 36.4 Å². The second-order valence-electron chi connectivity index (χ2n) is 7.42. The van der Waals surface area contributed by atoms with Gasteiger partial charge in [0.15, 0.2) is 11.5 Å². The summed E-state index contributed by atoms with van der Waals surface area (Å²) in [6.07, 6.45) is 12.7. The molecule has 2 aromatic carbocycles. The van der Waals surface area contributed by atoms with Gasteiger partial charge < -0.3 is 10.1 Å². The number of hydrogen-bond donors (Lipinski definition) is 1. The van der Waals surface area contributed by atoms with Crippen LogP contribution in [0.4, 0.5) is 11.4 Å². The zero-order chi connectivity index (χ0) is 18.2. The van der Waals surface area contributed by atoms with Gasteiger partial charge in [-0.1, -0.05) is 70.6 Å². The molecule has 0 saturated carbocycles. The fourth-order valence-electron chi connectivity index (χ4n) is 3.79. The van der Waals surface area contributed by atoms with Crippen molar-refractivity contribution in [2.75, 3.05) is 5.32 Å². The van der Waals surface area contributed by atoms with Crippen molar-refractivity contribution >= 4 is 11.4 Å². The second-order valence-corrected chi connectivity index (χ2v) is 7.42. The third-order valence-corrected chi connectivity index (χ3v) is 5.32. The van der Waals surface area contributed by atoms with Gasteiger partial charge in [0.2, 0.25) is 0 Å². The smallest absolute Gasteiger partial charge is 0.151 e. The maximum absolute atomic E-state index is 6.18. The summed E-state index contributed by atoms with van der Waals surface area (Å²) < 4.78 is 6.18. The molecule has 0 atom stereocenters. The van der Waals surface area contributed by atoms with E-state index in [0.29, 0.717) is 0 Å². The number of nitrogens with one attached hydrogen (secondary N) is 1. The Bertz CT molecular complexity index is 707. The topological polar surface area (TPSA) is 21.3 Å². The van der Waals surface area contributed by atoms with Crippen molar-refractivity contribution in [2.45, 2.75) is 78.1 Å². The van der Waals surface area contributed by atoms with E-state index in [2.05, 4.69) is 43.4 Å². The van der Waals surface area contributed by atoms with Crippen LogP contribution in [0.1, 0.15) is 76.3 Å². The van der Waals surface area contributed by atoms with Gasteiger partial charge >= 0.3 is 0 Å². The summed E-state index contributed by atoms with van der Waals surface area (Å²) in [5.41, 5.74) is 5.27. The lowest BCUT2D eigenvalue weighted by molar-refractivity contribution is 0.479. The van der Waals surface area contributed by atoms with Gasteiger partial charge in [-0.2, -0.15) is 0 Å². The highest BCUT2D eigenvalue weighted by atomic mass is 16.5. The minimum Gasteiger partial charge on any atom is -0.453 e. The van der Waals surface area contributed by atoms with E-state index in [4.69, 9.17) is 4.74 Å². The summed E-state index contributed by atoms with van der Waals surface area (Å²) >= 11 is 0. The molecule has 0 unspecified atom stereocenters. The van der Waals surface area contributed by atoms with Gasteiger partial charge in [-0.05, 0) is 55.0 Å². The number of aryl methyl sites for hydroxylation is 1. The Balaban J connectivity index is 1.81. The lowest BCUT2D eigenvalue weighted by Gasteiger charge is -2.26. The average Bonchev–Trinajstić information content (AvgIpc) is 2.68. The first-order valence-corrected chi connectivity index (χ1v) is 10.5. The summed E-state index contributed by atoms with van der Waals surface area (Å²) in [5, 5.41) is 3.67. The lowest BCUT2D eigenvalue weighted by Crippen LogP contribution is -2.08. The van der Waals surface area contributed by atoms with Gasteiger partial charge in [-0.3, -0.25) is 0 Å². The summed E-state index contributed by atoms with van der Waals surface area (Å²) in [6, 6.07) is 12.7. The molecule has 1 aliphatic heterocycles. The lowest BCUT2D eigenvalue weighted by atomic mass is 9.94. The van der Waals surface area contributed by atoms with Crippen molar-refractivity contribution < 1.29 is 4.74 Å². The van der Waals surface area contributed by atoms with E-state index < -0.39 is 0 Å². The molecule has 1 aliphatic rings. The van der Waals surface area contributed by atoms with E-state index >= 15 is 0 Å². The molecule has 0 fully saturated rings. The minimum absolute atomic E-state index is 0.924. The molecule has 1 N–H and O–H groups in total. The number of unbranched alkanes of at least 4 members (excludes halogenated alkanes) is 6. The zero-order valence-corrected chi connectivity index (χ0v) is 16.4. The van der Waals surface area contributed by atoms with Crippen molar-refractivity contribution in [3.63, 3.8) is 0 Å². The van der Waals surface area contributed by atoms with Crippen molar-refractivity contribution in [1.29, 1.82) is 0 Å². The molecule has 0 aromatic heterocycles. The molecule has 2 nitrogen and oxygen atoms in total. The molecule has 2 heteroatoms. The molecule has 0 radical (unpaired) electrons. The number of fused-ring (bicyclic) bond motifs is 2. The van der Waals surface area contributed by atoms with E-state index in [1.807, 2.05) is 12.1 Å². The molecule has 0 spiro atoms. The van der Waals surface area contributed by atoms with Crippen molar-refractivity contribution in [1.82, 2.24) is 0 Å². The van der Waals surface area contributed by atoms with Gasteiger partial charge in [-0.15, -0.1) is 0 Å². The van der Waals surface area contributed by atoms with Crippen LogP contribution in [0.3, 0.4) is 0 Å². The molecule has 1 heterocycles. The van der Waals surface area contributed by atoms with Gasteiger partial charge in [0.25, 0.3) is 0 Å². The normalized spacial score (nSPS) is 12.1. The molecule has 0 bridgehead atoms. The third kappa shape index (κ3) is 4.60. The van der Waals surface area contributed by atoms with Crippen LogP contribution in [-0.2, 0) is 12.8 Å². The number of benzene rings is 2. The number of anilines is 2. The summed E-state index contributed by atoms with van der Waals surface area (Å²) in [5.74, 6) is 1.90. The number of rotatable bonds is 10. The van der Waals surface area contributed by atoms with Crippen LogP contribution in [-0.4, -0.2) is 0 Å². The molecule has 3 rings (SSSR count). The number of para-hydroxylation sites is 2. The first-order valence-electron chi connectivity index (χ1n) is 10.5. The first kappa shape index (κ1) is 18.8. The Hall–Kier alpha value is -1.96. The maximum Gasteiger partial charge on any atom is 0.151 e. The Labute approximate surface area is 159 Å². The fraction of sp³-hybridized carbons (Fsp3) is 0.500. The Morgan fingerprint density at radius 1 is 0.731 bits per heavy atom. The summed E-state index contributed by atoms with van der Waals surface area (Å²) in [4.78, 5) is 0. The molecule has 0 saturated heterocycles. The molecule has 0 amide bonds. The maximum atomic E-state index is 6.18. The van der Waals surface area contributed by atoms with E-state index in [1.165, 1.54) is 74.6 Å². The molecule has 2 aromatic rings. The molecule has 26 heavy (non-hydrogen) atoms. The largest absolute Gasteiger partial charge is 0.453 e. The van der Waals surface area contributed by atoms with Crippen molar-refractivity contribution in [3.8, 4) is 11.5 Å². The Kier molecular flexibility index (Phi) is 6.99. The van der Waals surface area contributed by atoms with Gasteiger partial charge in [0, 0.05) is 0 Å². The quantitative estimate of drug-likeness (QED) is 0.376. The predicted octanol–water partition coefficient (Wildman–Crippen LogP) is 7.78. The van der Waals surface area contributed by atoms with Crippen LogP contribution in [0.5, 0.6) is 11.5 Å². The molecular formula is C24H33NO. The monoisotopic (exact) mass is 351 g/mol. The van der Waals surface area contributed by atoms with Gasteiger partial charge in [-0.25, -0.2) is 0 Å². The van der Waals surface area contributed by atoms with Crippen LogP contribution in [0.25, 0.3) is 0 Å². The average molecular weight is 352 g/mol. The van der Waals surface area contributed by atoms with E-state index in [1.54, 1.807) is 0 Å². The number of hydrogen-bond acceptors (Lipinski definition) is 2. The molecular weight excluding hydrogens is 318 g/mol. The summed E-state index contributed by atoms with van der Waals surface area (Å²) in [6.45, 7) is 4.55. The van der Waals surface area contributed by atoms with Gasteiger partial charge in [0.05, 0.1) is 11.4 Å². The van der Waals surface area contributed by atoms with Gasteiger partial charge in [0.1, 0.15) is 0 Å². The summed E-state index contributed by atoms with van der Waals surface area (Å²) in [7, 11) is 0. The Morgan fingerprint density at radius 3 is 2.23 bits per heavy atom. The third-order valence-electron chi connectivity index (χ3n) is 5.32. The Morgan fingerprint density at radius 2 is 1.46 bits per heavy atom. The van der Waals surface area contributed by atoms with Crippen molar-refractivity contribution in [2.24, 2.45) is 0 Å². The van der Waals surface area contributed by atoms with E-state index in [0.717, 1.165) is 23.6 Å². The minimum atomic E-state index is 0.924. The molecule has 140 valence electrons. The van der Waals surface area contributed by atoms with E-state index in [-0.39, 0.29) is 0 Å². The standard InChI is InChI=1S/C24H33NO/c1-3-5-7-9-13-19-17-18-23-24(20(19)14-10-8-6-4-2)25-21-15-11-12-16-22(21)26-23/h11-12,15-18,25H,3-10,13-14H2,1-2H3. The highest BCUT2D eigenvalue weighted by Gasteiger charge is 2.20. The van der Waals surface area contributed by atoms with E-state index in [9.17, 15) is 0 Å². The fourth-order valence-corrected chi connectivity index (χ4v) is 3.79. The zero-order valence-electron chi connectivity index (χ0n) is 16.4. The van der Waals surface area contributed by atoms with Crippen LogP contribution in [0, 0.1) is 0 Å². The predicted molar refractivity (Wildman–Crippen MR) is 112 cm³/mol. The van der Waals surface area contributed by atoms with Crippen LogP contribution >= 0.6 is 0 Å².